The number of amides is 1. The molecule has 2 saturated heterocycles. The lowest BCUT2D eigenvalue weighted by molar-refractivity contribution is 0.0756. The molecule has 5 heteroatoms. The van der Waals surface area contributed by atoms with E-state index in [2.05, 4.69) is 11.0 Å². The zero-order valence-electron chi connectivity index (χ0n) is 12.7. The average molecular weight is 299 g/mol. The molecule has 2 fully saturated rings. The Bertz CT molecular complexity index is 576. The number of ether oxygens (including phenoxy) is 1. The summed E-state index contributed by atoms with van der Waals surface area (Å²) in [5, 5.41) is 8.96. The van der Waals surface area contributed by atoms with Gasteiger partial charge in [-0.25, -0.2) is 0 Å². The largest absolute Gasteiger partial charge is 0.380 e. The molecular formula is C17H21N3O2. The van der Waals surface area contributed by atoms with Gasteiger partial charge in [0.15, 0.2) is 0 Å². The molecule has 5 nitrogen and oxygen atoms in total. The Morgan fingerprint density at radius 3 is 2.95 bits per heavy atom. The molecule has 2 aliphatic rings. The van der Waals surface area contributed by atoms with E-state index in [1.54, 1.807) is 24.3 Å². The quantitative estimate of drug-likeness (QED) is 0.830. The SMILES string of the molecule is N#Cc1cccc(C(=O)N2CCCN(C3CCOC3)CC2)c1. The van der Waals surface area contributed by atoms with Gasteiger partial charge in [-0.05, 0) is 31.0 Å². The fourth-order valence-corrected chi connectivity index (χ4v) is 3.22. The molecular weight excluding hydrogens is 278 g/mol. The fraction of sp³-hybridized carbons (Fsp3) is 0.529. The minimum absolute atomic E-state index is 0.0293. The second-order valence-corrected chi connectivity index (χ2v) is 5.89. The van der Waals surface area contributed by atoms with Gasteiger partial charge >= 0.3 is 0 Å². The Balaban J connectivity index is 1.64. The number of rotatable bonds is 2. The maximum atomic E-state index is 12.6. The molecule has 0 radical (unpaired) electrons. The van der Waals surface area contributed by atoms with Crippen LogP contribution in [0.25, 0.3) is 0 Å². The van der Waals surface area contributed by atoms with Crippen molar-refractivity contribution in [3.05, 3.63) is 35.4 Å². The van der Waals surface area contributed by atoms with Gasteiger partial charge in [0, 0.05) is 44.4 Å². The van der Waals surface area contributed by atoms with Crippen molar-refractivity contribution in [2.45, 2.75) is 18.9 Å². The van der Waals surface area contributed by atoms with Crippen LogP contribution in [0.1, 0.15) is 28.8 Å². The van der Waals surface area contributed by atoms with Crippen LogP contribution in [0.3, 0.4) is 0 Å². The summed E-state index contributed by atoms with van der Waals surface area (Å²) in [6, 6.07) is 9.56. The number of carbonyl (C=O) groups excluding carboxylic acids is 1. The lowest BCUT2D eigenvalue weighted by Crippen LogP contribution is -2.39. The topological polar surface area (TPSA) is 56.6 Å². The van der Waals surface area contributed by atoms with Crippen molar-refractivity contribution in [1.82, 2.24) is 9.80 Å². The standard InChI is InChI=1S/C17H21N3O2/c18-12-14-3-1-4-15(11-14)17(21)20-7-2-6-19(8-9-20)16-5-10-22-13-16/h1,3-4,11,16H,2,5-10,13H2. The highest BCUT2D eigenvalue weighted by atomic mass is 16.5. The number of nitrogens with zero attached hydrogens (tertiary/aromatic N) is 3. The summed E-state index contributed by atoms with van der Waals surface area (Å²) in [7, 11) is 0. The maximum absolute atomic E-state index is 12.6. The highest BCUT2D eigenvalue weighted by molar-refractivity contribution is 5.94. The molecule has 3 rings (SSSR count). The molecule has 1 aromatic rings. The Hall–Kier alpha value is -1.90. The highest BCUT2D eigenvalue weighted by Crippen LogP contribution is 2.16. The minimum Gasteiger partial charge on any atom is -0.380 e. The van der Waals surface area contributed by atoms with E-state index in [1.165, 1.54) is 0 Å². The number of nitriles is 1. The summed E-state index contributed by atoms with van der Waals surface area (Å²) in [5.41, 5.74) is 1.14. The minimum atomic E-state index is 0.0293. The first-order valence-corrected chi connectivity index (χ1v) is 7.89. The molecule has 1 aromatic carbocycles. The van der Waals surface area contributed by atoms with Crippen molar-refractivity contribution in [3.8, 4) is 6.07 Å². The predicted molar refractivity (Wildman–Crippen MR) is 82.5 cm³/mol. The van der Waals surface area contributed by atoms with Crippen LogP contribution in [-0.2, 0) is 4.74 Å². The molecule has 22 heavy (non-hydrogen) atoms. The fourth-order valence-electron chi connectivity index (χ4n) is 3.22. The van der Waals surface area contributed by atoms with Crippen LogP contribution in [0.2, 0.25) is 0 Å². The van der Waals surface area contributed by atoms with Gasteiger partial charge in [0.05, 0.1) is 18.2 Å². The molecule has 1 unspecified atom stereocenters. The normalized spacial score (nSPS) is 23.0. The molecule has 0 bridgehead atoms. The maximum Gasteiger partial charge on any atom is 0.253 e. The molecule has 1 atom stereocenters. The smallest absolute Gasteiger partial charge is 0.253 e. The summed E-state index contributed by atoms with van der Waals surface area (Å²) < 4.78 is 5.47. The zero-order valence-corrected chi connectivity index (χ0v) is 12.7. The predicted octanol–water partition coefficient (Wildman–Crippen LogP) is 1.50. The number of carbonyl (C=O) groups is 1. The molecule has 0 saturated carbocycles. The van der Waals surface area contributed by atoms with E-state index in [4.69, 9.17) is 10.00 Å². The van der Waals surface area contributed by atoms with E-state index < -0.39 is 0 Å². The van der Waals surface area contributed by atoms with Crippen LogP contribution in [-0.4, -0.2) is 61.1 Å². The highest BCUT2D eigenvalue weighted by Gasteiger charge is 2.27. The van der Waals surface area contributed by atoms with E-state index in [0.29, 0.717) is 17.2 Å². The van der Waals surface area contributed by atoms with Crippen LogP contribution in [0.15, 0.2) is 24.3 Å². The Labute approximate surface area is 131 Å². The van der Waals surface area contributed by atoms with Gasteiger partial charge in [0.25, 0.3) is 5.91 Å². The van der Waals surface area contributed by atoms with Crippen molar-refractivity contribution in [2.24, 2.45) is 0 Å². The molecule has 116 valence electrons. The summed E-state index contributed by atoms with van der Waals surface area (Å²) in [6.07, 6.45) is 2.08. The monoisotopic (exact) mass is 299 g/mol. The average Bonchev–Trinajstić information content (AvgIpc) is 2.99. The summed E-state index contributed by atoms with van der Waals surface area (Å²) in [6.45, 7) is 5.11. The van der Waals surface area contributed by atoms with Gasteiger partial charge in [0.2, 0.25) is 0 Å². The van der Waals surface area contributed by atoms with Crippen LogP contribution in [0, 0.1) is 11.3 Å². The van der Waals surface area contributed by atoms with E-state index >= 15 is 0 Å². The van der Waals surface area contributed by atoms with Gasteiger partial charge in [0.1, 0.15) is 0 Å². The first-order chi connectivity index (χ1) is 10.8. The van der Waals surface area contributed by atoms with Crippen LogP contribution in [0.4, 0.5) is 0 Å². The van der Waals surface area contributed by atoms with E-state index in [9.17, 15) is 4.79 Å². The first kappa shape index (κ1) is 15.0. The van der Waals surface area contributed by atoms with Crippen molar-refractivity contribution in [2.75, 3.05) is 39.4 Å². The van der Waals surface area contributed by atoms with Gasteiger partial charge in [-0.3, -0.25) is 9.69 Å². The van der Waals surface area contributed by atoms with Gasteiger partial charge in [-0.15, -0.1) is 0 Å². The summed E-state index contributed by atoms with van der Waals surface area (Å²) in [5.74, 6) is 0.0293. The van der Waals surface area contributed by atoms with Crippen LogP contribution >= 0.6 is 0 Å². The van der Waals surface area contributed by atoms with E-state index in [-0.39, 0.29) is 5.91 Å². The van der Waals surface area contributed by atoms with Crippen molar-refractivity contribution in [3.63, 3.8) is 0 Å². The van der Waals surface area contributed by atoms with E-state index in [0.717, 1.165) is 52.2 Å². The molecule has 0 N–H and O–H groups in total. The van der Waals surface area contributed by atoms with Crippen molar-refractivity contribution < 1.29 is 9.53 Å². The van der Waals surface area contributed by atoms with Gasteiger partial charge < -0.3 is 9.64 Å². The molecule has 2 heterocycles. The number of hydrogen-bond donors (Lipinski definition) is 0. The lowest BCUT2D eigenvalue weighted by Gasteiger charge is -2.26. The second kappa shape index (κ2) is 6.91. The zero-order chi connectivity index (χ0) is 15.4. The third kappa shape index (κ3) is 3.29. The molecule has 1 amide bonds. The van der Waals surface area contributed by atoms with E-state index in [1.807, 2.05) is 4.90 Å². The number of hydrogen-bond acceptors (Lipinski definition) is 4. The molecule has 2 aliphatic heterocycles. The molecule has 0 spiro atoms. The summed E-state index contributed by atoms with van der Waals surface area (Å²) >= 11 is 0. The molecule has 0 aromatic heterocycles. The third-order valence-corrected chi connectivity index (χ3v) is 4.48. The Morgan fingerprint density at radius 1 is 1.27 bits per heavy atom. The van der Waals surface area contributed by atoms with Gasteiger partial charge in [-0.2, -0.15) is 5.26 Å². The lowest BCUT2D eigenvalue weighted by atomic mass is 10.1. The summed E-state index contributed by atoms with van der Waals surface area (Å²) in [4.78, 5) is 17.0. The van der Waals surface area contributed by atoms with Crippen LogP contribution in [0.5, 0.6) is 0 Å². The third-order valence-electron chi connectivity index (χ3n) is 4.48. The first-order valence-electron chi connectivity index (χ1n) is 7.89. The second-order valence-electron chi connectivity index (χ2n) is 5.89. The number of benzene rings is 1. The molecule has 0 aliphatic carbocycles. The Kier molecular flexibility index (Phi) is 4.71. The van der Waals surface area contributed by atoms with Crippen molar-refractivity contribution in [1.29, 1.82) is 5.26 Å². The van der Waals surface area contributed by atoms with Crippen molar-refractivity contribution >= 4 is 5.91 Å². The van der Waals surface area contributed by atoms with Gasteiger partial charge in [-0.1, -0.05) is 6.07 Å². The van der Waals surface area contributed by atoms with Crippen LogP contribution < -0.4 is 0 Å². The Morgan fingerprint density at radius 2 is 2.18 bits per heavy atom.